The van der Waals surface area contributed by atoms with Gasteiger partial charge < -0.3 is 4.74 Å². The quantitative estimate of drug-likeness (QED) is 0.673. The number of hydrogen-bond acceptors (Lipinski definition) is 3. The summed E-state index contributed by atoms with van der Waals surface area (Å²) in [5, 5.41) is 4.29. The van der Waals surface area contributed by atoms with E-state index < -0.39 is 11.8 Å². The van der Waals surface area contributed by atoms with Gasteiger partial charge in [-0.05, 0) is 48.8 Å². The highest BCUT2D eigenvalue weighted by atomic mass is 79.9. The van der Waals surface area contributed by atoms with Crippen molar-refractivity contribution in [3.8, 4) is 5.69 Å². The third kappa shape index (κ3) is 3.29. The summed E-state index contributed by atoms with van der Waals surface area (Å²) in [4.78, 5) is 12.0. The molecule has 2 aromatic rings. The average molecular weight is 410 g/mol. The second-order valence-electron chi connectivity index (χ2n) is 4.84. The molecule has 0 aliphatic rings. The molecule has 2 rings (SSSR count). The summed E-state index contributed by atoms with van der Waals surface area (Å²) in [6.45, 7) is 5.14. The van der Waals surface area contributed by atoms with E-state index in [2.05, 4.69) is 21.0 Å². The Morgan fingerprint density at radius 1 is 1.41 bits per heavy atom. The fraction of sp³-hybridized carbons (Fsp3) is 0.286. The third-order valence-electron chi connectivity index (χ3n) is 2.76. The van der Waals surface area contributed by atoms with Gasteiger partial charge in [-0.25, -0.2) is 13.9 Å². The average Bonchev–Trinajstić information content (AvgIpc) is 2.65. The number of benzene rings is 1. The van der Waals surface area contributed by atoms with Crippen molar-refractivity contribution in [3.05, 3.63) is 43.9 Å². The predicted molar refractivity (Wildman–Crippen MR) is 86.5 cm³/mol. The molecular formula is C14H12BrCl2FN2O2. The normalized spacial score (nSPS) is 11.1. The molecule has 0 aliphatic carbocycles. The van der Waals surface area contributed by atoms with Gasteiger partial charge in [-0.2, -0.15) is 5.10 Å². The molecule has 1 aromatic carbocycles. The molecule has 0 N–H and O–H groups in total. The first-order valence-corrected chi connectivity index (χ1v) is 7.88. The molecule has 0 saturated heterocycles. The topological polar surface area (TPSA) is 44.1 Å². The van der Waals surface area contributed by atoms with Crippen LogP contribution in [0.25, 0.3) is 5.69 Å². The Hall–Kier alpha value is -1.11. The monoisotopic (exact) mass is 408 g/mol. The maximum atomic E-state index is 14.2. The third-order valence-corrected chi connectivity index (χ3v) is 4.60. The van der Waals surface area contributed by atoms with E-state index in [9.17, 15) is 9.18 Å². The molecule has 8 heteroatoms. The molecule has 1 aromatic heterocycles. The van der Waals surface area contributed by atoms with E-state index in [1.54, 1.807) is 20.8 Å². The second kappa shape index (κ2) is 6.56. The number of nitrogens with zero attached hydrogens (tertiary/aromatic N) is 2. The summed E-state index contributed by atoms with van der Waals surface area (Å²) in [6, 6.07) is 2.31. The van der Waals surface area contributed by atoms with Crippen LogP contribution in [0.2, 0.25) is 10.2 Å². The molecule has 1 heterocycles. The van der Waals surface area contributed by atoms with Gasteiger partial charge in [-0.15, -0.1) is 0 Å². The maximum Gasteiger partial charge on any atom is 0.339 e. The summed E-state index contributed by atoms with van der Waals surface area (Å²) in [5.41, 5.74) is 0.650. The van der Waals surface area contributed by atoms with Gasteiger partial charge >= 0.3 is 5.97 Å². The van der Waals surface area contributed by atoms with E-state index in [1.165, 1.54) is 10.7 Å². The number of hydrogen-bond donors (Lipinski definition) is 0. The van der Waals surface area contributed by atoms with Gasteiger partial charge in [0.05, 0.1) is 26.9 Å². The van der Waals surface area contributed by atoms with Crippen molar-refractivity contribution in [1.82, 2.24) is 9.78 Å². The number of rotatable bonds is 3. The first-order chi connectivity index (χ1) is 10.2. The smallest absolute Gasteiger partial charge is 0.339 e. The zero-order valence-corrected chi connectivity index (χ0v) is 15.1. The van der Waals surface area contributed by atoms with Crippen LogP contribution in [0, 0.1) is 12.7 Å². The zero-order chi connectivity index (χ0) is 16.6. The first kappa shape index (κ1) is 17.2. The summed E-state index contributed by atoms with van der Waals surface area (Å²) in [7, 11) is 0. The Labute approximate surface area is 145 Å². The van der Waals surface area contributed by atoms with Crippen LogP contribution in [0.15, 0.2) is 16.6 Å². The summed E-state index contributed by atoms with van der Waals surface area (Å²) < 4.78 is 21.0. The lowest BCUT2D eigenvalue weighted by Crippen LogP contribution is -2.13. The standard InChI is InChI=1S/C14H12BrCl2FN2O2/c1-6(2)22-14(21)8-4-11(10(18)5-9(8)16)20-13(17)12(15)7(3)19-20/h4-6H,1-3H3. The number of halogens is 4. The summed E-state index contributed by atoms with van der Waals surface area (Å²) in [6.07, 6.45) is -0.318. The Balaban J connectivity index is 2.57. The summed E-state index contributed by atoms with van der Waals surface area (Å²) in [5.74, 6) is -1.29. The van der Waals surface area contributed by atoms with E-state index in [1.807, 2.05) is 0 Å². The minimum absolute atomic E-state index is 0.0129. The van der Waals surface area contributed by atoms with E-state index in [4.69, 9.17) is 27.9 Å². The van der Waals surface area contributed by atoms with Crippen LogP contribution in [-0.4, -0.2) is 21.9 Å². The van der Waals surface area contributed by atoms with Crippen LogP contribution in [0.1, 0.15) is 29.9 Å². The number of aryl methyl sites for hydroxylation is 1. The molecule has 0 aliphatic heterocycles. The number of esters is 1. The highest BCUT2D eigenvalue weighted by Crippen LogP contribution is 2.31. The first-order valence-electron chi connectivity index (χ1n) is 6.33. The van der Waals surface area contributed by atoms with Gasteiger partial charge in [0, 0.05) is 0 Å². The minimum atomic E-state index is -0.650. The van der Waals surface area contributed by atoms with Gasteiger partial charge in [0.25, 0.3) is 0 Å². The Morgan fingerprint density at radius 2 is 2.05 bits per heavy atom. The molecule has 0 radical (unpaired) electrons. The molecule has 0 fully saturated rings. The van der Waals surface area contributed by atoms with Crippen LogP contribution in [0.4, 0.5) is 4.39 Å². The fourth-order valence-electron chi connectivity index (χ4n) is 1.77. The van der Waals surface area contributed by atoms with Crippen molar-refractivity contribution in [2.24, 2.45) is 0 Å². The molecule has 0 bridgehead atoms. The van der Waals surface area contributed by atoms with E-state index in [-0.39, 0.29) is 27.5 Å². The van der Waals surface area contributed by atoms with E-state index in [0.717, 1.165) is 6.07 Å². The predicted octanol–water partition coefficient (Wildman–Crippen LogP) is 4.95. The van der Waals surface area contributed by atoms with Gasteiger partial charge in [-0.3, -0.25) is 0 Å². The van der Waals surface area contributed by atoms with Crippen LogP contribution in [0.3, 0.4) is 0 Å². The SMILES string of the molecule is Cc1nn(-c2cc(C(=O)OC(C)C)c(Cl)cc2F)c(Cl)c1Br. The lowest BCUT2D eigenvalue weighted by atomic mass is 10.2. The highest BCUT2D eigenvalue weighted by molar-refractivity contribution is 9.10. The molecular weight excluding hydrogens is 398 g/mol. The number of carbonyl (C=O) groups is 1. The van der Waals surface area contributed by atoms with Crippen molar-refractivity contribution in [2.45, 2.75) is 26.9 Å². The number of ether oxygens (including phenoxy) is 1. The minimum Gasteiger partial charge on any atom is -0.459 e. The number of carbonyl (C=O) groups excluding carboxylic acids is 1. The molecule has 22 heavy (non-hydrogen) atoms. The lowest BCUT2D eigenvalue weighted by Gasteiger charge is -2.12. The van der Waals surface area contributed by atoms with Crippen LogP contribution in [0.5, 0.6) is 0 Å². The van der Waals surface area contributed by atoms with Crippen molar-refractivity contribution >= 4 is 45.1 Å². The lowest BCUT2D eigenvalue weighted by molar-refractivity contribution is 0.0378. The van der Waals surface area contributed by atoms with E-state index in [0.29, 0.717) is 10.2 Å². The van der Waals surface area contributed by atoms with Gasteiger partial charge in [0.2, 0.25) is 0 Å². The Kier molecular flexibility index (Phi) is 5.14. The van der Waals surface area contributed by atoms with Crippen molar-refractivity contribution < 1.29 is 13.9 Å². The second-order valence-corrected chi connectivity index (χ2v) is 6.40. The van der Waals surface area contributed by atoms with Crippen LogP contribution in [-0.2, 0) is 4.74 Å². The van der Waals surface area contributed by atoms with Gasteiger partial charge in [0.15, 0.2) is 0 Å². The van der Waals surface area contributed by atoms with E-state index >= 15 is 0 Å². The molecule has 4 nitrogen and oxygen atoms in total. The fourth-order valence-corrected chi connectivity index (χ4v) is 2.51. The van der Waals surface area contributed by atoms with Crippen molar-refractivity contribution in [1.29, 1.82) is 0 Å². The Morgan fingerprint density at radius 3 is 2.55 bits per heavy atom. The number of aromatic nitrogens is 2. The molecule has 0 unspecified atom stereocenters. The van der Waals surface area contributed by atoms with Crippen molar-refractivity contribution in [3.63, 3.8) is 0 Å². The molecule has 0 spiro atoms. The molecule has 0 atom stereocenters. The van der Waals surface area contributed by atoms with Crippen LogP contribution < -0.4 is 0 Å². The molecule has 0 amide bonds. The molecule has 118 valence electrons. The van der Waals surface area contributed by atoms with Gasteiger partial charge in [0.1, 0.15) is 16.7 Å². The maximum absolute atomic E-state index is 14.2. The largest absolute Gasteiger partial charge is 0.459 e. The zero-order valence-electron chi connectivity index (χ0n) is 12.0. The van der Waals surface area contributed by atoms with Gasteiger partial charge in [-0.1, -0.05) is 23.2 Å². The summed E-state index contributed by atoms with van der Waals surface area (Å²) >= 11 is 15.3. The highest BCUT2D eigenvalue weighted by Gasteiger charge is 2.21. The molecule has 0 saturated carbocycles. The Bertz CT molecular complexity index is 747. The van der Waals surface area contributed by atoms with Crippen molar-refractivity contribution in [2.75, 3.05) is 0 Å². The van der Waals surface area contributed by atoms with Crippen LogP contribution >= 0.6 is 39.1 Å².